The number of primary amides is 1. The van der Waals surface area contributed by atoms with Crippen molar-refractivity contribution in [1.82, 2.24) is 15.2 Å². The minimum atomic E-state index is -0.846. The number of fused-ring (bicyclic) bond motifs is 1. The Morgan fingerprint density at radius 2 is 1.86 bits per heavy atom. The summed E-state index contributed by atoms with van der Waals surface area (Å²) in [5.74, 6) is -0.548. The summed E-state index contributed by atoms with van der Waals surface area (Å²) in [4.78, 5) is 37.3. The summed E-state index contributed by atoms with van der Waals surface area (Å²) in [6.07, 6.45) is 4.71. The Bertz CT molecular complexity index is 894. The molecule has 1 heterocycles. The van der Waals surface area contributed by atoms with E-state index in [1.807, 2.05) is 38.1 Å². The number of hydrogen-bond donors (Lipinski definition) is 3. The third-order valence-electron chi connectivity index (χ3n) is 5.31. The molecule has 0 spiro atoms. The number of nitrogens with two attached hydrogens (primary N) is 1. The lowest BCUT2D eigenvalue weighted by molar-refractivity contribution is -0.133. The fraction of sp³-hybridized carbons (Fsp3) is 0.476. The number of carbonyl (C=O) groups excluding carboxylic acids is 3. The van der Waals surface area contributed by atoms with E-state index < -0.39 is 11.4 Å². The van der Waals surface area contributed by atoms with Gasteiger partial charge in [-0.1, -0.05) is 44.9 Å². The Morgan fingerprint density at radius 1 is 1.18 bits per heavy atom. The molecule has 7 heteroatoms. The minimum Gasteiger partial charge on any atom is -0.366 e. The first-order valence-electron chi connectivity index (χ1n) is 9.79. The maximum absolute atomic E-state index is 12.8. The largest absolute Gasteiger partial charge is 0.366 e. The van der Waals surface area contributed by atoms with Crippen molar-refractivity contribution in [3.05, 3.63) is 36.0 Å². The van der Waals surface area contributed by atoms with Gasteiger partial charge in [0, 0.05) is 23.6 Å². The van der Waals surface area contributed by atoms with Crippen molar-refractivity contribution in [2.75, 3.05) is 6.54 Å². The number of para-hydroxylation sites is 1. The van der Waals surface area contributed by atoms with Gasteiger partial charge in [-0.3, -0.25) is 14.4 Å². The second kappa shape index (κ2) is 8.04. The van der Waals surface area contributed by atoms with Crippen molar-refractivity contribution in [2.45, 2.75) is 51.6 Å². The highest BCUT2D eigenvalue weighted by Crippen LogP contribution is 2.30. The van der Waals surface area contributed by atoms with Crippen LogP contribution in [0.4, 0.5) is 0 Å². The van der Waals surface area contributed by atoms with Gasteiger partial charge in [-0.2, -0.15) is 0 Å². The lowest BCUT2D eigenvalue weighted by atomic mass is 9.95. The Morgan fingerprint density at radius 3 is 2.50 bits per heavy atom. The third-order valence-corrected chi connectivity index (χ3v) is 5.31. The molecule has 0 radical (unpaired) electrons. The fourth-order valence-corrected chi connectivity index (χ4v) is 3.89. The molecule has 28 heavy (non-hydrogen) atoms. The van der Waals surface area contributed by atoms with Crippen molar-refractivity contribution in [3.8, 4) is 0 Å². The lowest BCUT2D eigenvalue weighted by Gasteiger charge is -2.29. The number of nitrogens with one attached hydrogen (secondary N) is 2. The number of amides is 3. The van der Waals surface area contributed by atoms with Crippen LogP contribution in [-0.2, 0) is 16.1 Å². The zero-order chi connectivity index (χ0) is 20.3. The Balaban J connectivity index is 1.78. The van der Waals surface area contributed by atoms with Crippen LogP contribution in [0.15, 0.2) is 30.5 Å². The molecule has 3 amide bonds. The van der Waals surface area contributed by atoms with Crippen LogP contribution in [0.5, 0.6) is 0 Å². The summed E-state index contributed by atoms with van der Waals surface area (Å²) < 4.78 is 1.71. The lowest BCUT2D eigenvalue weighted by Crippen LogP contribution is -2.58. The Hall–Kier alpha value is -2.83. The van der Waals surface area contributed by atoms with Crippen LogP contribution in [0.1, 0.15) is 49.9 Å². The molecule has 2 aromatic rings. The number of aromatic nitrogens is 1. The van der Waals surface area contributed by atoms with E-state index in [1.165, 1.54) is 0 Å². The van der Waals surface area contributed by atoms with Crippen LogP contribution < -0.4 is 16.4 Å². The molecule has 0 unspecified atom stereocenters. The molecule has 1 fully saturated rings. The summed E-state index contributed by atoms with van der Waals surface area (Å²) >= 11 is 0. The molecular weight excluding hydrogens is 356 g/mol. The van der Waals surface area contributed by atoms with Gasteiger partial charge in [-0.15, -0.1) is 0 Å². The van der Waals surface area contributed by atoms with Gasteiger partial charge < -0.3 is 20.9 Å². The SMILES string of the molecule is CC(C)CNC(=O)C1(NC(=O)Cn2cc(C(N)=O)c3ccccc32)CCCC1. The van der Waals surface area contributed by atoms with Gasteiger partial charge >= 0.3 is 0 Å². The number of hydrogen-bond acceptors (Lipinski definition) is 3. The average Bonchev–Trinajstić information content (AvgIpc) is 3.26. The molecule has 1 aromatic heterocycles. The molecule has 1 aromatic carbocycles. The summed E-state index contributed by atoms with van der Waals surface area (Å²) in [5.41, 5.74) is 5.77. The van der Waals surface area contributed by atoms with Crippen LogP contribution in [0.2, 0.25) is 0 Å². The van der Waals surface area contributed by atoms with Crippen molar-refractivity contribution in [1.29, 1.82) is 0 Å². The van der Waals surface area contributed by atoms with E-state index in [0.29, 0.717) is 36.3 Å². The molecule has 0 aliphatic heterocycles. The van der Waals surface area contributed by atoms with E-state index in [2.05, 4.69) is 10.6 Å². The highest BCUT2D eigenvalue weighted by Gasteiger charge is 2.42. The number of rotatable bonds is 7. The maximum Gasteiger partial charge on any atom is 0.250 e. The predicted molar refractivity (Wildman–Crippen MR) is 108 cm³/mol. The van der Waals surface area contributed by atoms with Crippen LogP contribution in [0, 0.1) is 5.92 Å². The number of benzene rings is 1. The molecule has 7 nitrogen and oxygen atoms in total. The second-order valence-corrected chi connectivity index (χ2v) is 7.99. The molecule has 3 rings (SSSR count). The first-order valence-corrected chi connectivity index (χ1v) is 9.79. The van der Waals surface area contributed by atoms with Crippen molar-refractivity contribution >= 4 is 28.6 Å². The monoisotopic (exact) mass is 384 g/mol. The fourth-order valence-electron chi connectivity index (χ4n) is 3.89. The first kappa shape index (κ1) is 19.9. The van der Waals surface area contributed by atoms with Gasteiger partial charge in [-0.25, -0.2) is 0 Å². The number of carbonyl (C=O) groups is 3. The zero-order valence-electron chi connectivity index (χ0n) is 16.5. The highest BCUT2D eigenvalue weighted by molar-refractivity contribution is 6.06. The van der Waals surface area contributed by atoms with Crippen molar-refractivity contribution in [3.63, 3.8) is 0 Å². The van der Waals surface area contributed by atoms with Crippen LogP contribution in [-0.4, -0.2) is 34.4 Å². The molecule has 0 atom stereocenters. The van der Waals surface area contributed by atoms with E-state index in [4.69, 9.17) is 5.73 Å². The Labute approximate surface area is 164 Å². The average molecular weight is 384 g/mol. The van der Waals surface area contributed by atoms with Gasteiger partial charge in [-0.05, 0) is 24.8 Å². The summed E-state index contributed by atoms with van der Waals surface area (Å²) in [6, 6.07) is 7.32. The van der Waals surface area contributed by atoms with Gasteiger partial charge in [0.05, 0.1) is 5.56 Å². The minimum absolute atomic E-state index is 0.0208. The van der Waals surface area contributed by atoms with Crippen LogP contribution >= 0.6 is 0 Å². The molecular formula is C21H28N4O3. The van der Waals surface area contributed by atoms with Gasteiger partial charge in [0.2, 0.25) is 11.8 Å². The molecule has 150 valence electrons. The van der Waals surface area contributed by atoms with Gasteiger partial charge in [0.25, 0.3) is 5.91 Å². The van der Waals surface area contributed by atoms with E-state index in [0.717, 1.165) is 18.4 Å². The molecule has 0 bridgehead atoms. The summed E-state index contributed by atoms with van der Waals surface area (Å²) in [5, 5.41) is 6.66. The summed E-state index contributed by atoms with van der Waals surface area (Å²) in [6.45, 7) is 4.68. The summed E-state index contributed by atoms with van der Waals surface area (Å²) in [7, 11) is 0. The van der Waals surface area contributed by atoms with E-state index in [-0.39, 0.29) is 18.4 Å². The van der Waals surface area contributed by atoms with E-state index in [1.54, 1.807) is 10.8 Å². The van der Waals surface area contributed by atoms with E-state index >= 15 is 0 Å². The normalized spacial score (nSPS) is 15.7. The van der Waals surface area contributed by atoms with Crippen molar-refractivity contribution < 1.29 is 14.4 Å². The smallest absolute Gasteiger partial charge is 0.250 e. The van der Waals surface area contributed by atoms with Gasteiger partial charge in [0.15, 0.2) is 0 Å². The molecule has 4 N–H and O–H groups in total. The van der Waals surface area contributed by atoms with Gasteiger partial charge in [0.1, 0.15) is 12.1 Å². The highest BCUT2D eigenvalue weighted by atomic mass is 16.2. The topological polar surface area (TPSA) is 106 Å². The van der Waals surface area contributed by atoms with Crippen LogP contribution in [0.25, 0.3) is 10.9 Å². The second-order valence-electron chi connectivity index (χ2n) is 7.99. The quantitative estimate of drug-likeness (QED) is 0.679. The zero-order valence-corrected chi connectivity index (χ0v) is 16.5. The molecule has 1 aliphatic rings. The van der Waals surface area contributed by atoms with E-state index in [9.17, 15) is 14.4 Å². The van der Waals surface area contributed by atoms with Crippen LogP contribution in [0.3, 0.4) is 0 Å². The molecule has 0 saturated heterocycles. The maximum atomic E-state index is 12.8. The number of nitrogens with zero attached hydrogens (tertiary/aromatic N) is 1. The predicted octanol–water partition coefficient (Wildman–Crippen LogP) is 1.94. The third kappa shape index (κ3) is 4.03. The molecule has 1 aliphatic carbocycles. The molecule has 1 saturated carbocycles. The Kier molecular flexibility index (Phi) is 5.72. The first-order chi connectivity index (χ1) is 13.3. The van der Waals surface area contributed by atoms with Crippen molar-refractivity contribution in [2.24, 2.45) is 11.7 Å². The standard InChI is InChI=1S/C21H28N4O3/c1-14(2)11-23-20(28)21(9-5-6-10-21)24-18(26)13-25-12-16(19(22)27)15-7-3-4-8-17(15)25/h3-4,7-8,12,14H,5-6,9-11,13H2,1-2H3,(H2,22,27)(H,23,28)(H,24,26).